The molecule has 52 heavy (non-hydrogen) atoms. The molecular formula is C47H37BN2OS. The molecule has 3 aromatic heterocycles. The van der Waals surface area contributed by atoms with Gasteiger partial charge in [-0.25, -0.2) is 0 Å². The molecule has 0 saturated carbocycles. The highest BCUT2D eigenvalue weighted by Crippen LogP contribution is 2.54. The molecule has 5 heteroatoms. The zero-order valence-corrected chi connectivity index (χ0v) is 30.9. The molecule has 12 rings (SSSR count). The van der Waals surface area contributed by atoms with Crippen molar-refractivity contribution in [1.29, 1.82) is 0 Å². The topological polar surface area (TPSA) is 21.3 Å². The largest absolute Gasteiger partial charge is 0.454 e. The summed E-state index contributed by atoms with van der Waals surface area (Å²) in [6.07, 6.45) is 2.39. The van der Waals surface area contributed by atoms with Gasteiger partial charge >= 0.3 is 6.85 Å². The van der Waals surface area contributed by atoms with Crippen molar-refractivity contribution in [3.05, 3.63) is 126 Å². The molecule has 6 aromatic carbocycles. The second kappa shape index (κ2) is 9.59. The van der Waals surface area contributed by atoms with Crippen LogP contribution >= 0.6 is 11.3 Å². The number of aryl methyl sites for hydroxylation is 1. The summed E-state index contributed by atoms with van der Waals surface area (Å²) in [5.74, 6) is 0. The molecule has 0 N–H and O–H groups in total. The van der Waals surface area contributed by atoms with Gasteiger partial charge < -0.3 is 13.8 Å². The zero-order valence-electron chi connectivity index (χ0n) is 30.1. The van der Waals surface area contributed by atoms with E-state index in [0.29, 0.717) is 0 Å². The molecule has 1 aliphatic carbocycles. The molecule has 9 aromatic rings. The molecule has 2 aliphatic heterocycles. The lowest BCUT2D eigenvalue weighted by Gasteiger charge is -2.44. The molecule has 3 aliphatic rings. The van der Waals surface area contributed by atoms with Crippen molar-refractivity contribution in [2.75, 3.05) is 4.90 Å². The third kappa shape index (κ3) is 3.49. The van der Waals surface area contributed by atoms with Crippen LogP contribution < -0.4 is 15.8 Å². The van der Waals surface area contributed by atoms with Crippen LogP contribution in [0.2, 0.25) is 0 Å². The van der Waals surface area contributed by atoms with Gasteiger partial charge in [0.05, 0.1) is 16.2 Å². The van der Waals surface area contributed by atoms with Gasteiger partial charge in [0.2, 0.25) is 0 Å². The fourth-order valence-electron chi connectivity index (χ4n) is 10.3. The number of aromatic nitrogens is 1. The number of hydrogen-bond donors (Lipinski definition) is 0. The molecule has 0 fully saturated rings. The summed E-state index contributed by atoms with van der Waals surface area (Å²) in [5.41, 5.74) is 16.9. The quantitative estimate of drug-likeness (QED) is 0.160. The van der Waals surface area contributed by atoms with Crippen molar-refractivity contribution in [3.63, 3.8) is 0 Å². The van der Waals surface area contributed by atoms with E-state index >= 15 is 0 Å². The molecule has 0 atom stereocenters. The summed E-state index contributed by atoms with van der Waals surface area (Å²) in [4.78, 5) is 2.66. The van der Waals surface area contributed by atoms with Crippen LogP contribution in [0.15, 0.2) is 114 Å². The Morgan fingerprint density at radius 3 is 2.17 bits per heavy atom. The lowest BCUT2D eigenvalue weighted by Crippen LogP contribution is -2.56. The molecule has 250 valence electrons. The minimum atomic E-state index is -0.0266. The van der Waals surface area contributed by atoms with E-state index in [1.165, 1.54) is 111 Å². The van der Waals surface area contributed by atoms with Gasteiger partial charge in [-0.1, -0.05) is 100 Å². The number of para-hydroxylation sites is 2. The van der Waals surface area contributed by atoms with Crippen LogP contribution in [-0.2, 0) is 10.8 Å². The smallest absolute Gasteiger partial charge is 0.334 e. The maximum absolute atomic E-state index is 6.78. The number of hydrogen-bond acceptors (Lipinski definition) is 3. The maximum atomic E-state index is 6.78. The lowest BCUT2D eigenvalue weighted by atomic mass is 9.45. The van der Waals surface area contributed by atoms with Crippen LogP contribution in [0.5, 0.6) is 0 Å². The first-order valence-corrected chi connectivity index (χ1v) is 19.5. The van der Waals surface area contributed by atoms with E-state index in [1.807, 2.05) is 11.3 Å². The Bertz CT molecular complexity index is 3060. The Kier molecular flexibility index (Phi) is 5.41. The molecular weight excluding hydrogens is 651 g/mol. The minimum absolute atomic E-state index is 0.0266. The summed E-state index contributed by atoms with van der Waals surface area (Å²) in [6.45, 7) is 12.1. The van der Waals surface area contributed by atoms with E-state index in [1.54, 1.807) is 0 Å². The fraction of sp³-hybridized carbons (Fsp3) is 0.191. The average molecular weight is 689 g/mol. The van der Waals surface area contributed by atoms with Gasteiger partial charge in [-0.2, -0.15) is 0 Å². The summed E-state index contributed by atoms with van der Waals surface area (Å²) < 4.78 is 10.8. The van der Waals surface area contributed by atoms with E-state index < -0.39 is 0 Å². The molecule has 5 heterocycles. The monoisotopic (exact) mass is 688 g/mol. The summed E-state index contributed by atoms with van der Waals surface area (Å²) in [5, 5.41) is 7.58. The van der Waals surface area contributed by atoms with Gasteiger partial charge in [-0.05, 0) is 116 Å². The minimum Gasteiger partial charge on any atom is -0.454 e. The highest BCUT2D eigenvalue weighted by Gasteiger charge is 2.47. The molecule has 0 amide bonds. The van der Waals surface area contributed by atoms with Crippen molar-refractivity contribution < 1.29 is 4.42 Å². The number of benzene rings is 6. The molecule has 0 radical (unpaired) electrons. The third-order valence-electron chi connectivity index (χ3n) is 12.9. The first-order valence-electron chi connectivity index (χ1n) is 18.7. The summed E-state index contributed by atoms with van der Waals surface area (Å²) >= 11 is 1.94. The molecule has 3 nitrogen and oxygen atoms in total. The SMILES string of the molecule is Cc1cc2c(cc1N1c3cc4ccccc4c4c3B(c3c1sc1ccccc31)n1c3c-4cccc3c3oc4ccccc4c31)C(C)(C)CCC2(C)C. The molecule has 0 saturated heterocycles. The van der Waals surface area contributed by atoms with Gasteiger partial charge in [-0.15, -0.1) is 11.3 Å². The van der Waals surface area contributed by atoms with Crippen LogP contribution in [0.1, 0.15) is 57.2 Å². The maximum Gasteiger partial charge on any atom is 0.334 e. The highest BCUT2D eigenvalue weighted by atomic mass is 32.1. The van der Waals surface area contributed by atoms with Crippen molar-refractivity contribution in [2.45, 2.75) is 58.3 Å². The first-order chi connectivity index (χ1) is 25.2. The van der Waals surface area contributed by atoms with Crippen LogP contribution in [-0.4, -0.2) is 11.3 Å². The molecule has 0 bridgehead atoms. The van der Waals surface area contributed by atoms with E-state index in [2.05, 4.69) is 153 Å². The van der Waals surface area contributed by atoms with Crippen molar-refractivity contribution in [3.8, 4) is 11.1 Å². The number of thiophene rings is 1. The van der Waals surface area contributed by atoms with Crippen molar-refractivity contribution in [1.82, 2.24) is 4.48 Å². The van der Waals surface area contributed by atoms with Gasteiger partial charge in [0.25, 0.3) is 0 Å². The predicted octanol–water partition coefficient (Wildman–Crippen LogP) is 12.0. The number of anilines is 3. The third-order valence-corrected chi connectivity index (χ3v) is 14.1. The van der Waals surface area contributed by atoms with E-state index in [4.69, 9.17) is 4.42 Å². The second-order valence-corrected chi connectivity index (χ2v) is 17.8. The van der Waals surface area contributed by atoms with Gasteiger partial charge in [0, 0.05) is 32.2 Å². The summed E-state index contributed by atoms with van der Waals surface area (Å²) in [6, 6.07) is 41.1. The second-order valence-electron chi connectivity index (χ2n) is 16.8. The van der Waals surface area contributed by atoms with Gasteiger partial charge in [0.1, 0.15) is 5.58 Å². The Balaban J connectivity index is 1.29. The van der Waals surface area contributed by atoms with Crippen molar-refractivity contribution >= 4 is 99.3 Å². The molecule has 0 unspecified atom stereocenters. The zero-order chi connectivity index (χ0) is 34.8. The Morgan fingerprint density at radius 2 is 1.35 bits per heavy atom. The number of furan rings is 1. The first kappa shape index (κ1) is 29.3. The van der Waals surface area contributed by atoms with Crippen LogP contribution in [0.3, 0.4) is 0 Å². The fourth-order valence-corrected chi connectivity index (χ4v) is 11.6. The van der Waals surface area contributed by atoms with E-state index in [0.717, 1.165) is 11.2 Å². The number of fused-ring (bicyclic) bond motifs is 14. The van der Waals surface area contributed by atoms with E-state index in [9.17, 15) is 0 Å². The predicted molar refractivity (Wildman–Crippen MR) is 223 cm³/mol. The standard InChI is InChI=1S/C47H37BN2OS/c1-26-23-33-34(47(4,5)22-21-46(33,2)3)25-35(26)49-36-24-27-13-6-7-14-28(27)39-31-17-12-18-32-42(31)50(43-29-15-8-10-19-37(29)51-44(32)43)48(41(36)39)40-30-16-9-11-20-38(30)52-45(40)49/h6-20,23-25H,21-22H2,1-5H3. The van der Waals surface area contributed by atoms with Crippen LogP contribution in [0, 0.1) is 6.92 Å². The average Bonchev–Trinajstić information content (AvgIpc) is 3.82. The Labute approximate surface area is 307 Å². The Morgan fingerprint density at radius 1 is 0.654 bits per heavy atom. The van der Waals surface area contributed by atoms with Crippen LogP contribution in [0.25, 0.3) is 65.0 Å². The molecule has 0 spiro atoms. The van der Waals surface area contributed by atoms with Crippen LogP contribution in [0.4, 0.5) is 16.4 Å². The van der Waals surface area contributed by atoms with Crippen molar-refractivity contribution in [2.24, 2.45) is 0 Å². The number of nitrogens with zero attached hydrogens (tertiary/aromatic N) is 2. The normalized spacial score (nSPS) is 16.6. The van der Waals surface area contributed by atoms with E-state index in [-0.39, 0.29) is 17.7 Å². The van der Waals surface area contributed by atoms with Gasteiger partial charge in [0.15, 0.2) is 5.58 Å². The Hall–Kier alpha value is -5.26. The number of rotatable bonds is 1. The highest BCUT2D eigenvalue weighted by molar-refractivity contribution is 7.26. The summed E-state index contributed by atoms with van der Waals surface area (Å²) in [7, 11) is 0. The lowest BCUT2D eigenvalue weighted by molar-refractivity contribution is 0.332. The van der Waals surface area contributed by atoms with Gasteiger partial charge in [-0.3, -0.25) is 0 Å².